The summed E-state index contributed by atoms with van der Waals surface area (Å²) in [7, 11) is 3.27. The molecule has 0 spiro atoms. The average Bonchev–Trinajstić information content (AvgIpc) is 2.74. The number of rotatable bonds is 8. The Kier molecular flexibility index (Phi) is 11.0. The van der Waals surface area contributed by atoms with E-state index in [0.29, 0.717) is 0 Å². The predicted molar refractivity (Wildman–Crippen MR) is 123 cm³/mol. The van der Waals surface area contributed by atoms with Crippen LogP contribution in [0.1, 0.15) is 11.1 Å². The first-order valence-corrected chi connectivity index (χ1v) is 8.48. The van der Waals surface area contributed by atoms with Crippen LogP contribution in [0.5, 0.6) is 11.5 Å². The molecule has 0 aliphatic rings. The van der Waals surface area contributed by atoms with Gasteiger partial charge in [0.2, 0.25) is 5.96 Å². The molecule has 0 radical (unpaired) electrons. The van der Waals surface area contributed by atoms with Crippen LogP contribution in [-0.2, 0) is 0 Å². The number of halogens is 1. The van der Waals surface area contributed by atoms with Gasteiger partial charge >= 0.3 is 0 Å². The Labute approximate surface area is 176 Å². The van der Waals surface area contributed by atoms with E-state index in [-0.39, 0.29) is 18.4 Å². The fraction of sp³-hybridized carbons (Fsp3) is 0.0952. The molecule has 2 rings (SSSR count). The van der Waals surface area contributed by atoms with Gasteiger partial charge in [-0.25, -0.2) is 5.43 Å². The van der Waals surface area contributed by atoms with E-state index in [1.165, 1.54) is 6.21 Å². The second kappa shape index (κ2) is 13.6. The largest absolute Gasteiger partial charge is 0.497 e. The highest BCUT2D eigenvalue weighted by Crippen LogP contribution is 2.12. The standard InChI is InChI=1S/C21H23N5O2.ClH/c1-27-19-11-7-17(8-12-19)5-3-15-23-25-21(22)26-24-16-4-6-18-9-13-20(28-2)14-10-18;/h3-16H,1-2H3,(H3,22,25,26);1H/b5-3+,6-4+,23-15+,24-16+;. The number of hydrogen-bond donors (Lipinski definition) is 2. The van der Waals surface area contributed by atoms with Gasteiger partial charge < -0.3 is 15.2 Å². The van der Waals surface area contributed by atoms with Crippen LogP contribution in [0, 0.1) is 0 Å². The summed E-state index contributed by atoms with van der Waals surface area (Å²) in [5.74, 6) is 1.72. The van der Waals surface area contributed by atoms with Gasteiger partial charge in [-0.05, 0) is 47.5 Å². The molecule has 2 aromatic carbocycles. The third-order valence-corrected chi connectivity index (χ3v) is 3.47. The molecule has 7 nitrogen and oxygen atoms in total. The molecule has 2 aromatic rings. The first-order valence-electron chi connectivity index (χ1n) is 8.48. The highest BCUT2D eigenvalue weighted by atomic mass is 35.5. The molecule has 0 heterocycles. The summed E-state index contributed by atoms with van der Waals surface area (Å²) in [4.78, 5) is 0. The second-order valence-electron chi connectivity index (χ2n) is 5.40. The van der Waals surface area contributed by atoms with Crippen molar-refractivity contribution in [1.82, 2.24) is 5.43 Å². The zero-order valence-electron chi connectivity index (χ0n) is 16.2. The van der Waals surface area contributed by atoms with Crippen molar-refractivity contribution >= 4 is 42.9 Å². The third kappa shape index (κ3) is 9.25. The van der Waals surface area contributed by atoms with E-state index in [0.717, 1.165) is 22.6 Å². The van der Waals surface area contributed by atoms with Crippen molar-refractivity contribution < 1.29 is 9.47 Å². The van der Waals surface area contributed by atoms with Gasteiger partial charge in [0.15, 0.2) is 0 Å². The summed E-state index contributed by atoms with van der Waals surface area (Å²) in [5, 5.41) is 11.6. The van der Waals surface area contributed by atoms with E-state index >= 15 is 0 Å². The van der Waals surface area contributed by atoms with Gasteiger partial charge in [-0.2, -0.15) is 10.2 Å². The van der Waals surface area contributed by atoms with Gasteiger partial charge in [0, 0.05) is 12.4 Å². The zero-order valence-corrected chi connectivity index (χ0v) is 17.0. The summed E-state index contributed by atoms with van der Waals surface area (Å²) in [6.07, 6.45) is 10.4. The molecule has 29 heavy (non-hydrogen) atoms. The molecule has 0 saturated heterocycles. The van der Waals surface area contributed by atoms with Crippen molar-refractivity contribution in [2.75, 3.05) is 14.2 Å². The minimum atomic E-state index is 0. The van der Waals surface area contributed by atoms with Crippen molar-refractivity contribution in [3.8, 4) is 11.5 Å². The van der Waals surface area contributed by atoms with Crippen LogP contribution in [0.4, 0.5) is 0 Å². The van der Waals surface area contributed by atoms with Gasteiger partial charge in [-0.3, -0.25) is 0 Å². The second-order valence-corrected chi connectivity index (χ2v) is 5.40. The summed E-state index contributed by atoms with van der Waals surface area (Å²) >= 11 is 0. The zero-order chi connectivity index (χ0) is 20.0. The number of nitrogens with two attached hydrogens (primary N) is 1. The van der Waals surface area contributed by atoms with Crippen LogP contribution >= 0.6 is 12.4 Å². The molecule has 0 atom stereocenters. The van der Waals surface area contributed by atoms with Crippen molar-refractivity contribution in [2.45, 2.75) is 0 Å². The topological polar surface area (TPSA) is 93.6 Å². The van der Waals surface area contributed by atoms with Gasteiger partial charge in [0.05, 0.1) is 14.2 Å². The van der Waals surface area contributed by atoms with Crippen molar-refractivity contribution in [3.05, 3.63) is 71.8 Å². The number of methoxy groups -OCH3 is 2. The van der Waals surface area contributed by atoms with Crippen LogP contribution in [0.25, 0.3) is 12.2 Å². The number of nitrogens with zero attached hydrogens (tertiary/aromatic N) is 3. The molecule has 0 amide bonds. The fourth-order valence-electron chi connectivity index (χ4n) is 2.04. The maximum atomic E-state index is 5.66. The number of nitrogens with one attached hydrogen (secondary N) is 1. The average molecular weight is 414 g/mol. The van der Waals surface area contributed by atoms with Gasteiger partial charge in [-0.15, -0.1) is 17.5 Å². The Bertz CT molecular complexity index is 873. The summed E-state index contributed by atoms with van der Waals surface area (Å²) < 4.78 is 10.2. The number of allylic oxidation sites excluding steroid dienone is 2. The smallest absolute Gasteiger partial charge is 0.234 e. The van der Waals surface area contributed by atoms with Crippen molar-refractivity contribution in [1.29, 1.82) is 0 Å². The van der Waals surface area contributed by atoms with Crippen molar-refractivity contribution in [2.24, 2.45) is 21.0 Å². The first-order chi connectivity index (χ1) is 13.7. The molecule has 0 unspecified atom stereocenters. The lowest BCUT2D eigenvalue weighted by atomic mass is 10.2. The number of ether oxygens (including phenoxy) is 2. The molecule has 3 N–H and O–H groups in total. The summed E-state index contributed by atoms with van der Waals surface area (Å²) in [6.45, 7) is 0. The maximum absolute atomic E-state index is 5.66. The van der Waals surface area contributed by atoms with Crippen LogP contribution in [0.3, 0.4) is 0 Å². The molecular formula is C21H24ClN5O2. The normalized spacial score (nSPS) is 12.0. The SMILES string of the molecule is COc1ccc(/C=C/C=N/N=C(N)N/N=C/C=C/c2ccc(OC)cc2)cc1.Cl. The Morgan fingerprint density at radius 3 is 1.79 bits per heavy atom. The maximum Gasteiger partial charge on any atom is 0.234 e. The van der Waals surface area contributed by atoms with E-state index in [1.807, 2.05) is 60.7 Å². The van der Waals surface area contributed by atoms with E-state index in [2.05, 4.69) is 20.7 Å². The fourth-order valence-corrected chi connectivity index (χ4v) is 2.04. The van der Waals surface area contributed by atoms with Gasteiger partial charge in [0.1, 0.15) is 11.5 Å². The number of guanidine groups is 1. The number of benzene rings is 2. The number of hydrazone groups is 1. The molecule has 8 heteroatoms. The Hall–Kier alpha value is -3.58. The first kappa shape index (κ1) is 23.5. The van der Waals surface area contributed by atoms with Crippen molar-refractivity contribution in [3.63, 3.8) is 0 Å². The van der Waals surface area contributed by atoms with Crippen LogP contribution in [0.2, 0.25) is 0 Å². The molecule has 0 aliphatic heterocycles. The minimum Gasteiger partial charge on any atom is -0.497 e. The lowest BCUT2D eigenvalue weighted by Gasteiger charge is -1.98. The Balaban J connectivity index is 0.00000420. The van der Waals surface area contributed by atoms with Crippen LogP contribution in [-0.4, -0.2) is 32.6 Å². The monoisotopic (exact) mass is 413 g/mol. The minimum absolute atomic E-state index is 0. The molecule has 0 bridgehead atoms. The van der Waals surface area contributed by atoms with Gasteiger partial charge in [0.25, 0.3) is 0 Å². The van der Waals surface area contributed by atoms with E-state index in [1.54, 1.807) is 32.6 Å². The number of hydrogen-bond acceptors (Lipinski definition) is 5. The molecule has 0 saturated carbocycles. The highest BCUT2D eigenvalue weighted by Gasteiger charge is 1.90. The summed E-state index contributed by atoms with van der Waals surface area (Å²) in [6, 6.07) is 15.3. The third-order valence-electron chi connectivity index (χ3n) is 3.47. The van der Waals surface area contributed by atoms with E-state index < -0.39 is 0 Å². The van der Waals surface area contributed by atoms with Crippen LogP contribution in [0.15, 0.2) is 76.0 Å². The molecule has 0 fully saturated rings. The highest BCUT2D eigenvalue weighted by molar-refractivity contribution is 5.85. The van der Waals surface area contributed by atoms with Gasteiger partial charge in [-0.1, -0.05) is 36.4 Å². The summed E-state index contributed by atoms with van der Waals surface area (Å²) in [5.41, 5.74) is 10.3. The van der Waals surface area contributed by atoms with E-state index in [4.69, 9.17) is 15.2 Å². The lowest BCUT2D eigenvalue weighted by molar-refractivity contribution is 0.414. The molecule has 152 valence electrons. The quantitative estimate of drug-likeness (QED) is 0.391. The Morgan fingerprint density at radius 2 is 1.31 bits per heavy atom. The Morgan fingerprint density at radius 1 is 0.828 bits per heavy atom. The molecule has 0 aromatic heterocycles. The lowest BCUT2D eigenvalue weighted by Crippen LogP contribution is -2.26. The molecule has 0 aliphatic carbocycles. The molecular weight excluding hydrogens is 390 g/mol. The van der Waals surface area contributed by atoms with Crippen LogP contribution < -0.4 is 20.6 Å². The predicted octanol–water partition coefficient (Wildman–Crippen LogP) is 3.73. The van der Waals surface area contributed by atoms with E-state index in [9.17, 15) is 0 Å².